The number of para-hydroxylation sites is 1. The molecule has 0 saturated carbocycles. The predicted molar refractivity (Wildman–Crippen MR) is 116 cm³/mol. The summed E-state index contributed by atoms with van der Waals surface area (Å²) in [6.45, 7) is 4.47. The van der Waals surface area contributed by atoms with Crippen LogP contribution in [0, 0.1) is 5.82 Å². The highest BCUT2D eigenvalue weighted by molar-refractivity contribution is 5.88. The van der Waals surface area contributed by atoms with Crippen molar-refractivity contribution < 1.29 is 18.7 Å². The lowest BCUT2D eigenvalue weighted by Crippen LogP contribution is -2.07. The monoisotopic (exact) mass is 408 g/mol. The molecule has 3 aromatic rings. The van der Waals surface area contributed by atoms with E-state index in [9.17, 15) is 9.18 Å². The zero-order valence-corrected chi connectivity index (χ0v) is 17.1. The van der Waals surface area contributed by atoms with Gasteiger partial charge in [0.2, 0.25) is 5.91 Å². The summed E-state index contributed by atoms with van der Waals surface area (Å²) in [6.07, 6.45) is 0. The summed E-state index contributed by atoms with van der Waals surface area (Å²) in [5.74, 6) is 0.796. The largest absolute Gasteiger partial charge is 0.490 e. The Kier molecular flexibility index (Phi) is 7.27. The topological polar surface area (TPSA) is 59.6 Å². The fraction of sp³-hybridized carbons (Fsp3) is 0.208. The quantitative estimate of drug-likeness (QED) is 0.499. The molecule has 0 saturated heterocycles. The maximum atomic E-state index is 14.0. The number of amides is 1. The van der Waals surface area contributed by atoms with E-state index in [-0.39, 0.29) is 18.3 Å². The SMILES string of the molecule is CCOc1cccc(CNc2ccc(NC(C)=O)cc2)c1OCc1ccccc1F. The molecule has 0 heterocycles. The summed E-state index contributed by atoms with van der Waals surface area (Å²) < 4.78 is 25.7. The number of halogens is 1. The highest BCUT2D eigenvalue weighted by Gasteiger charge is 2.13. The van der Waals surface area contributed by atoms with E-state index in [2.05, 4.69) is 10.6 Å². The van der Waals surface area contributed by atoms with Crippen LogP contribution in [0.2, 0.25) is 0 Å². The second-order valence-electron chi connectivity index (χ2n) is 6.67. The van der Waals surface area contributed by atoms with E-state index in [4.69, 9.17) is 9.47 Å². The molecule has 5 nitrogen and oxygen atoms in total. The van der Waals surface area contributed by atoms with Crippen LogP contribution in [0.25, 0.3) is 0 Å². The molecule has 0 fully saturated rings. The minimum Gasteiger partial charge on any atom is -0.490 e. The standard InChI is InChI=1S/C24H25FN2O3/c1-3-29-23-10-6-8-18(24(23)30-16-19-7-4-5-9-22(19)25)15-26-20-11-13-21(14-12-20)27-17(2)28/h4-14,26H,3,15-16H2,1-2H3,(H,27,28). The lowest BCUT2D eigenvalue weighted by atomic mass is 10.1. The van der Waals surface area contributed by atoms with Crippen LogP contribution in [0.3, 0.4) is 0 Å². The lowest BCUT2D eigenvalue weighted by molar-refractivity contribution is -0.114. The molecule has 0 aliphatic heterocycles. The fourth-order valence-electron chi connectivity index (χ4n) is 2.97. The molecule has 3 rings (SSSR count). The smallest absolute Gasteiger partial charge is 0.221 e. The second kappa shape index (κ2) is 10.3. The summed E-state index contributed by atoms with van der Waals surface area (Å²) in [6, 6.07) is 19.7. The van der Waals surface area contributed by atoms with E-state index in [1.54, 1.807) is 18.2 Å². The molecular weight excluding hydrogens is 383 g/mol. The van der Waals surface area contributed by atoms with Crippen molar-refractivity contribution in [1.29, 1.82) is 0 Å². The lowest BCUT2D eigenvalue weighted by Gasteiger charge is -2.17. The average Bonchev–Trinajstić information content (AvgIpc) is 2.73. The molecule has 0 aliphatic carbocycles. The third-order valence-electron chi connectivity index (χ3n) is 4.38. The van der Waals surface area contributed by atoms with E-state index in [0.717, 1.165) is 16.9 Å². The van der Waals surface area contributed by atoms with E-state index < -0.39 is 0 Å². The minimum absolute atomic E-state index is 0.106. The van der Waals surface area contributed by atoms with Crippen LogP contribution in [0.15, 0.2) is 66.7 Å². The molecule has 156 valence electrons. The van der Waals surface area contributed by atoms with Crippen molar-refractivity contribution in [3.05, 3.63) is 83.7 Å². The van der Waals surface area contributed by atoms with Crippen molar-refractivity contribution in [2.45, 2.75) is 27.0 Å². The number of anilines is 2. The third kappa shape index (κ3) is 5.73. The van der Waals surface area contributed by atoms with Crippen molar-refractivity contribution in [3.8, 4) is 11.5 Å². The first-order chi connectivity index (χ1) is 14.6. The molecule has 0 atom stereocenters. The number of hydrogen-bond donors (Lipinski definition) is 2. The fourth-order valence-corrected chi connectivity index (χ4v) is 2.97. The van der Waals surface area contributed by atoms with Gasteiger partial charge in [0.15, 0.2) is 11.5 Å². The number of nitrogens with one attached hydrogen (secondary N) is 2. The highest BCUT2D eigenvalue weighted by atomic mass is 19.1. The normalized spacial score (nSPS) is 10.4. The highest BCUT2D eigenvalue weighted by Crippen LogP contribution is 2.33. The number of benzene rings is 3. The van der Waals surface area contributed by atoms with E-state index in [0.29, 0.717) is 30.2 Å². The van der Waals surface area contributed by atoms with Gasteiger partial charge in [0.05, 0.1) is 6.61 Å². The summed E-state index contributed by atoms with van der Waals surface area (Å²) >= 11 is 0. The first-order valence-electron chi connectivity index (χ1n) is 9.79. The number of rotatable bonds is 9. The summed E-state index contributed by atoms with van der Waals surface area (Å²) in [4.78, 5) is 11.1. The second-order valence-corrected chi connectivity index (χ2v) is 6.67. The van der Waals surface area contributed by atoms with Crippen LogP contribution < -0.4 is 20.1 Å². The Labute approximate surface area is 175 Å². The Morgan fingerprint density at radius 3 is 2.30 bits per heavy atom. The van der Waals surface area contributed by atoms with Crippen molar-refractivity contribution in [2.75, 3.05) is 17.2 Å². The number of hydrogen-bond acceptors (Lipinski definition) is 4. The van der Waals surface area contributed by atoms with Crippen LogP contribution in [0.4, 0.5) is 15.8 Å². The minimum atomic E-state index is -0.301. The first-order valence-corrected chi connectivity index (χ1v) is 9.79. The molecular formula is C24H25FN2O3. The van der Waals surface area contributed by atoms with Crippen molar-refractivity contribution in [1.82, 2.24) is 0 Å². The summed E-state index contributed by atoms with van der Waals surface area (Å²) in [5.41, 5.74) is 3.01. The molecule has 0 aromatic heterocycles. The van der Waals surface area contributed by atoms with E-state index in [1.807, 2.05) is 49.4 Å². The first kappa shape index (κ1) is 21.2. The Balaban J connectivity index is 1.74. The molecule has 1 amide bonds. The average molecular weight is 408 g/mol. The van der Waals surface area contributed by atoms with Crippen molar-refractivity contribution >= 4 is 17.3 Å². The van der Waals surface area contributed by atoms with Crippen LogP contribution in [-0.2, 0) is 17.9 Å². The van der Waals surface area contributed by atoms with Crippen molar-refractivity contribution in [2.24, 2.45) is 0 Å². The Morgan fingerprint density at radius 2 is 1.60 bits per heavy atom. The zero-order valence-electron chi connectivity index (χ0n) is 17.1. The van der Waals surface area contributed by atoms with Crippen LogP contribution in [-0.4, -0.2) is 12.5 Å². The third-order valence-corrected chi connectivity index (χ3v) is 4.38. The maximum absolute atomic E-state index is 14.0. The summed E-state index contributed by atoms with van der Waals surface area (Å²) in [7, 11) is 0. The van der Waals surface area contributed by atoms with E-state index >= 15 is 0 Å². The van der Waals surface area contributed by atoms with Gasteiger partial charge in [0.25, 0.3) is 0 Å². The van der Waals surface area contributed by atoms with Gasteiger partial charge in [0, 0.05) is 36.0 Å². The van der Waals surface area contributed by atoms with Gasteiger partial charge >= 0.3 is 0 Å². The molecule has 30 heavy (non-hydrogen) atoms. The number of carbonyl (C=O) groups is 1. The molecule has 2 N–H and O–H groups in total. The van der Waals surface area contributed by atoms with Crippen LogP contribution in [0.5, 0.6) is 11.5 Å². The van der Waals surface area contributed by atoms with Gasteiger partial charge in [0.1, 0.15) is 12.4 Å². The molecule has 6 heteroatoms. The molecule has 3 aromatic carbocycles. The van der Waals surface area contributed by atoms with Crippen LogP contribution >= 0.6 is 0 Å². The van der Waals surface area contributed by atoms with Crippen molar-refractivity contribution in [3.63, 3.8) is 0 Å². The van der Waals surface area contributed by atoms with Gasteiger partial charge < -0.3 is 20.1 Å². The molecule has 0 radical (unpaired) electrons. The molecule has 0 aliphatic rings. The predicted octanol–water partition coefficient (Wildman–Crippen LogP) is 5.37. The van der Waals surface area contributed by atoms with E-state index in [1.165, 1.54) is 13.0 Å². The van der Waals surface area contributed by atoms with Gasteiger partial charge in [-0.2, -0.15) is 0 Å². The Morgan fingerprint density at radius 1 is 0.900 bits per heavy atom. The molecule has 0 bridgehead atoms. The van der Waals surface area contributed by atoms with Gasteiger partial charge in [-0.15, -0.1) is 0 Å². The number of ether oxygens (including phenoxy) is 2. The van der Waals surface area contributed by atoms with Gasteiger partial charge in [-0.3, -0.25) is 4.79 Å². The maximum Gasteiger partial charge on any atom is 0.221 e. The Hall–Kier alpha value is -3.54. The summed E-state index contributed by atoms with van der Waals surface area (Å²) in [5, 5.41) is 6.08. The van der Waals surface area contributed by atoms with Gasteiger partial charge in [-0.1, -0.05) is 30.3 Å². The zero-order chi connectivity index (χ0) is 21.3. The molecule has 0 unspecified atom stereocenters. The van der Waals surface area contributed by atoms with Crippen LogP contribution in [0.1, 0.15) is 25.0 Å². The molecule has 0 spiro atoms. The van der Waals surface area contributed by atoms with Gasteiger partial charge in [-0.25, -0.2) is 4.39 Å². The number of carbonyl (C=O) groups excluding carboxylic acids is 1. The Bertz CT molecular complexity index is 990. The van der Waals surface area contributed by atoms with Gasteiger partial charge in [-0.05, 0) is 43.3 Å².